The Morgan fingerprint density at radius 2 is 2.00 bits per heavy atom. The molecule has 1 aromatic heterocycles. The number of anilines is 1. The summed E-state index contributed by atoms with van der Waals surface area (Å²) in [6.45, 7) is 2.09. The van der Waals surface area contributed by atoms with Crippen LogP contribution in [0.3, 0.4) is 0 Å². The molecular weight excluding hydrogens is 290 g/mol. The Kier molecular flexibility index (Phi) is 5.12. The molecule has 2 rings (SSSR count). The van der Waals surface area contributed by atoms with Crippen LogP contribution in [-0.4, -0.2) is 28.8 Å². The third-order valence-electron chi connectivity index (χ3n) is 3.15. The zero-order valence-electron chi connectivity index (χ0n) is 12.0. The number of hydrogen-bond donors (Lipinski definition) is 2. The highest BCUT2D eigenvalue weighted by Crippen LogP contribution is 2.25. The minimum Gasteiger partial charge on any atom is -0.394 e. The maximum atomic E-state index is 9.78. The summed E-state index contributed by atoms with van der Waals surface area (Å²) in [6.07, 6.45) is 0. The molecule has 0 aliphatic rings. The van der Waals surface area contributed by atoms with Crippen LogP contribution in [0.15, 0.2) is 36.4 Å². The van der Waals surface area contributed by atoms with Gasteiger partial charge < -0.3 is 15.2 Å². The van der Waals surface area contributed by atoms with Gasteiger partial charge in [-0.05, 0) is 12.5 Å². The molecule has 1 unspecified atom stereocenters. The number of aliphatic hydroxyl groups is 1. The number of halogens is 1. The largest absolute Gasteiger partial charge is 0.394 e. The third kappa shape index (κ3) is 3.91. The van der Waals surface area contributed by atoms with Gasteiger partial charge in [-0.3, -0.25) is 0 Å². The smallest absolute Gasteiger partial charge is 0.158 e. The van der Waals surface area contributed by atoms with E-state index in [1.165, 1.54) is 0 Å². The number of aromatic nitrogens is 2. The number of nitrogens with zero attached hydrogens (tertiary/aromatic N) is 2. The Hall–Kier alpha value is -1.69. The predicted octanol–water partition coefficient (Wildman–Crippen LogP) is 2.60. The van der Waals surface area contributed by atoms with Gasteiger partial charge in [0.25, 0.3) is 0 Å². The van der Waals surface area contributed by atoms with Crippen LogP contribution in [0.25, 0.3) is 0 Å². The van der Waals surface area contributed by atoms with Gasteiger partial charge in [-0.15, -0.1) is 0 Å². The second-order valence-electron chi connectivity index (χ2n) is 4.91. The zero-order chi connectivity index (χ0) is 15.3. The maximum Gasteiger partial charge on any atom is 0.158 e. The first-order valence-corrected chi connectivity index (χ1v) is 6.92. The minimum absolute atomic E-state index is 0.0851. The molecule has 0 aliphatic heterocycles. The molecule has 0 radical (unpaired) electrons. The van der Waals surface area contributed by atoms with E-state index in [0.29, 0.717) is 16.8 Å². The van der Waals surface area contributed by atoms with Gasteiger partial charge in [0, 0.05) is 13.2 Å². The fraction of sp³-hybridized carbons (Fsp3) is 0.333. The van der Waals surface area contributed by atoms with Crippen LogP contribution in [0.2, 0.25) is 5.15 Å². The van der Waals surface area contributed by atoms with Crippen LogP contribution in [0.5, 0.6) is 0 Å². The Labute approximate surface area is 129 Å². The molecule has 21 heavy (non-hydrogen) atoms. The van der Waals surface area contributed by atoms with E-state index in [-0.39, 0.29) is 13.2 Å². The van der Waals surface area contributed by atoms with Crippen LogP contribution in [0.1, 0.15) is 18.3 Å². The van der Waals surface area contributed by atoms with Crippen molar-refractivity contribution in [2.75, 3.05) is 19.0 Å². The molecular formula is C15H18ClN3O2. The number of aliphatic hydroxyl groups excluding tert-OH is 1. The van der Waals surface area contributed by atoms with Crippen molar-refractivity contribution >= 4 is 17.4 Å². The predicted molar refractivity (Wildman–Crippen MR) is 82.3 cm³/mol. The second kappa shape index (κ2) is 6.85. The first kappa shape index (κ1) is 15.7. The van der Waals surface area contributed by atoms with Gasteiger partial charge in [-0.25, -0.2) is 9.97 Å². The molecule has 0 aliphatic carbocycles. The van der Waals surface area contributed by atoms with Crippen molar-refractivity contribution in [3.63, 3.8) is 0 Å². The van der Waals surface area contributed by atoms with E-state index in [2.05, 4.69) is 15.3 Å². The van der Waals surface area contributed by atoms with Gasteiger partial charge in [-0.1, -0.05) is 41.9 Å². The van der Waals surface area contributed by atoms with E-state index < -0.39 is 5.54 Å². The lowest BCUT2D eigenvalue weighted by atomic mass is 9.93. The van der Waals surface area contributed by atoms with Gasteiger partial charge in [0.2, 0.25) is 0 Å². The van der Waals surface area contributed by atoms with Crippen molar-refractivity contribution in [3.8, 4) is 0 Å². The first-order valence-electron chi connectivity index (χ1n) is 6.54. The highest BCUT2D eigenvalue weighted by atomic mass is 35.5. The van der Waals surface area contributed by atoms with Gasteiger partial charge in [0.1, 0.15) is 17.6 Å². The highest BCUT2D eigenvalue weighted by Gasteiger charge is 2.26. The van der Waals surface area contributed by atoms with Crippen molar-refractivity contribution in [2.24, 2.45) is 0 Å². The molecule has 0 bridgehead atoms. The first-order chi connectivity index (χ1) is 10.1. The van der Waals surface area contributed by atoms with E-state index in [0.717, 1.165) is 5.56 Å². The molecule has 0 saturated carbocycles. The fourth-order valence-electron chi connectivity index (χ4n) is 2.01. The van der Waals surface area contributed by atoms with E-state index in [9.17, 15) is 5.11 Å². The van der Waals surface area contributed by atoms with Gasteiger partial charge in [-0.2, -0.15) is 0 Å². The molecule has 2 aromatic rings. The Morgan fingerprint density at radius 3 is 2.62 bits per heavy atom. The SMILES string of the molecule is COCc1nc(Cl)cc(NC(C)(CO)c2ccccc2)n1. The zero-order valence-corrected chi connectivity index (χ0v) is 12.8. The number of ether oxygens (including phenoxy) is 1. The van der Waals surface area contributed by atoms with E-state index in [1.54, 1.807) is 13.2 Å². The Bertz CT molecular complexity index is 595. The summed E-state index contributed by atoms with van der Waals surface area (Å²) >= 11 is 5.99. The van der Waals surface area contributed by atoms with Crippen molar-refractivity contribution in [2.45, 2.75) is 19.1 Å². The van der Waals surface area contributed by atoms with Crippen LogP contribution in [0, 0.1) is 0 Å². The van der Waals surface area contributed by atoms with E-state index in [1.807, 2.05) is 37.3 Å². The average Bonchev–Trinajstić information content (AvgIpc) is 2.48. The Balaban J connectivity index is 2.30. The standard InChI is InChI=1S/C15H18ClN3O2/c1-15(10-20,11-6-4-3-5-7-11)19-13-8-12(16)17-14(18-13)9-21-2/h3-8,20H,9-10H2,1-2H3,(H,17,18,19). The van der Waals surface area contributed by atoms with Crippen molar-refractivity contribution in [1.82, 2.24) is 9.97 Å². The number of benzene rings is 1. The molecule has 0 saturated heterocycles. The molecule has 5 nitrogen and oxygen atoms in total. The monoisotopic (exact) mass is 307 g/mol. The molecule has 1 heterocycles. The van der Waals surface area contributed by atoms with Crippen molar-refractivity contribution in [1.29, 1.82) is 0 Å². The number of methoxy groups -OCH3 is 1. The van der Waals surface area contributed by atoms with Crippen LogP contribution in [-0.2, 0) is 16.9 Å². The average molecular weight is 308 g/mol. The van der Waals surface area contributed by atoms with Gasteiger partial charge >= 0.3 is 0 Å². The molecule has 0 fully saturated rings. The van der Waals surface area contributed by atoms with Crippen molar-refractivity contribution < 1.29 is 9.84 Å². The summed E-state index contributed by atoms with van der Waals surface area (Å²) in [5.41, 5.74) is 0.291. The topological polar surface area (TPSA) is 67.3 Å². The minimum atomic E-state index is -0.663. The van der Waals surface area contributed by atoms with Crippen molar-refractivity contribution in [3.05, 3.63) is 52.9 Å². The fourth-order valence-corrected chi connectivity index (χ4v) is 2.21. The van der Waals surface area contributed by atoms with Crippen LogP contribution < -0.4 is 5.32 Å². The molecule has 6 heteroatoms. The number of nitrogens with one attached hydrogen (secondary N) is 1. The number of hydrogen-bond acceptors (Lipinski definition) is 5. The quantitative estimate of drug-likeness (QED) is 0.803. The molecule has 0 amide bonds. The third-order valence-corrected chi connectivity index (χ3v) is 3.34. The lowest BCUT2D eigenvalue weighted by Crippen LogP contribution is -2.36. The Morgan fingerprint density at radius 1 is 1.29 bits per heavy atom. The summed E-state index contributed by atoms with van der Waals surface area (Å²) in [4.78, 5) is 8.42. The molecule has 112 valence electrons. The summed E-state index contributed by atoms with van der Waals surface area (Å²) in [5.74, 6) is 1.03. The molecule has 2 N–H and O–H groups in total. The van der Waals surface area contributed by atoms with E-state index >= 15 is 0 Å². The molecule has 0 spiro atoms. The second-order valence-corrected chi connectivity index (χ2v) is 5.29. The maximum absolute atomic E-state index is 9.78. The lowest BCUT2D eigenvalue weighted by molar-refractivity contribution is 0.177. The summed E-state index contributed by atoms with van der Waals surface area (Å²) < 4.78 is 5.02. The summed E-state index contributed by atoms with van der Waals surface area (Å²) in [5, 5.41) is 13.3. The molecule has 1 atom stereocenters. The lowest BCUT2D eigenvalue weighted by Gasteiger charge is -2.30. The van der Waals surface area contributed by atoms with Gasteiger partial charge in [0.05, 0.1) is 12.1 Å². The number of rotatable bonds is 6. The van der Waals surface area contributed by atoms with Gasteiger partial charge in [0.15, 0.2) is 5.82 Å². The van der Waals surface area contributed by atoms with Crippen LogP contribution in [0.4, 0.5) is 5.82 Å². The summed E-state index contributed by atoms with van der Waals surface area (Å²) in [7, 11) is 1.57. The van der Waals surface area contributed by atoms with Crippen LogP contribution >= 0.6 is 11.6 Å². The summed E-state index contributed by atoms with van der Waals surface area (Å²) in [6, 6.07) is 11.3. The molecule has 1 aromatic carbocycles. The van der Waals surface area contributed by atoms with E-state index in [4.69, 9.17) is 16.3 Å². The normalized spacial score (nSPS) is 13.7. The highest BCUT2D eigenvalue weighted by molar-refractivity contribution is 6.29.